The highest BCUT2D eigenvalue weighted by molar-refractivity contribution is 7.99. The summed E-state index contributed by atoms with van der Waals surface area (Å²) in [7, 11) is 1.84. The number of nitrogens with zero attached hydrogens (tertiary/aromatic N) is 5. The lowest BCUT2D eigenvalue weighted by atomic mass is 10.4. The molecular formula is C11H16N6OS. The number of anilines is 1. The Hall–Kier alpha value is -1.83. The van der Waals surface area contributed by atoms with Crippen molar-refractivity contribution in [3.8, 4) is 0 Å². The van der Waals surface area contributed by atoms with Crippen LogP contribution in [0.15, 0.2) is 23.7 Å². The van der Waals surface area contributed by atoms with Crippen molar-refractivity contribution < 1.29 is 4.79 Å². The lowest BCUT2D eigenvalue weighted by Gasteiger charge is -2.11. The van der Waals surface area contributed by atoms with E-state index in [1.165, 1.54) is 11.8 Å². The molecule has 0 aliphatic heterocycles. The molecule has 102 valence electrons. The fourth-order valence-electron chi connectivity index (χ4n) is 1.54. The van der Waals surface area contributed by atoms with Crippen molar-refractivity contribution >= 4 is 23.5 Å². The quantitative estimate of drug-likeness (QED) is 0.836. The first-order valence-electron chi connectivity index (χ1n) is 5.88. The highest BCUT2D eigenvalue weighted by atomic mass is 32.2. The third-order valence-corrected chi connectivity index (χ3v) is 3.46. The summed E-state index contributed by atoms with van der Waals surface area (Å²) in [5, 5.41) is 15.4. The van der Waals surface area contributed by atoms with Crippen molar-refractivity contribution in [1.29, 1.82) is 0 Å². The van der Waals surface area contributed by atoms with Crippen LogP contribution in [0.4, 0.5) is 5.82 Å². The molecule has 19 heavy (non-hydrogen) atoms. The number of carbonyl (C=O) groups excluding carboxylic acids is 1. The molecule has 0 unspecified atom stereocenters. The van der Waals surface area contributed by atoms with E-state index >= 15 is 0 Å². The van der Waals surface area contributed by atoms with Crippen molar-refractivity contribution in [1.82, 2.24) is 24.5 Å². The third-order valence-electron chi connectivity index (χ3n) is 2.43. The van der Waals surface area contributed by atoms with Crippen molar-refractivity contribution in [3.63, 3.8) is 0 Å². The van der Waals surface area contributed by atoms with E-state index in [0.717, 1.165) is 0 Å². The molecule has 0 saturated heterocycles. The molecule has 8 heteroatoms. The van der Waals surface area contributed by atoms with Gasteiger partial charge in [0, 0.05) is 19.2 Å². The molecule has 7 nitrogen and oxygen atoms in total. The Labute approximate surface area is 115 Å². The summed E-state index contributed by atoms with van der Waals surface area (Å²) in [6.07, 6.45) is 3.28. The zero-order chi connectivity index (χ0) is 13.8. The van der Waals surface area contributed by atoms with Crippen molar-refractivity contribution in [2.75, 3.05) is 11.1 Å². The summed E-state index contributed by atoms with van der Waals surface area (Å²) in [5.41, 5.74) is 0. The molecule has 0 atom stereocenters. The van der Waals surface area contributed by atoms with E-state index in [1.54, 1.807) is 27.8 Å². The Bertz CT molecular complexity index is 561. The van der Waals surface area contributed by atoms with Crippen LogP contribution in [0.1, 0.15) is 19.9 Å². The topological polar surface area (TPSA) is 77.6 Å². The smallest absolute Gasteiger partial charge is 0.235 e. The van der Waals surface area contributed by atoms with Crippen molar-refractivity contribution in [2.45, 2.75) is 25.0 Å². The highest BCUT2D eigenvalue weighted by Gasteiger charge is 2.11. The normalized spacial score (nSPS) is 10.9. The molecule has 0 radical (unpaired) electrons. The first kappa shape index (κ1) is 13.6. The van der Waals surface area contributed by atoms with Gasteiger partial charge in [-0.3, -0.25) is 4.79 Å². The number of hydrogen-bond acceptors (Lipinski definition) is 5. The molecule has 2 heterocycles. The van der Waals surface area contributed by atoms with Gasteiger partial charge in [-0.05, 0) is 13.8 Å². The summed E-state index contributed by atoms with van der Waals surface area (Å²) < 4.78 is 3.54. The predicted molar refractivity (Wildman–Crippen MR) is 73.0 cm³/mol. The van der Waals surface area contributed by atoms with Crippen LogP contribution >= 0.6 is 11.8 Å². The molecule has 0 aliphatic carbocycles. The maximum absolute atomic E-state index is 11.9. The van der Waals surface area contributed by atoms with Gasteiger partial charge in [-0.1, -0.05) is 11.8 Å². The number of carbonyl (C=O) groups is 1. The standard InChI is InChI=1S/C11H16N6OS/c1-8(2)17-9(4-5-13-17)14-10(18)6-19-11-15-12-7-16(11)3/h4-5,7-8H,6H2,1-3H3,(H,14,18). The average molecular weight is 280 g/mol. The van der Waals surface area contributed by atoms with Crippen LogP contribution in [0.5, 0.6) is 0 Å². The van der Waals surface area contributed by atoms with Gasteiger partial charge in [0.1, 0.15) is 12.1 Å². The molecule has 1 N–H and O–H groups in total. The Morgan fingerprint density at radius 2 is 2.32 bits per heavy atom. The van der Waals surface area contributed by atoms with E-state index in [1.807, 2.05) is 20.9 Å². The van der Waals surface area contributed by atoms with Gasteiger partial charge in [0.05, 0.1) is 11.9 Å². The lowest BCUT2D eigenvalue weighted by molar-refractivity contribution is -0.113. The molecule has 0 saturated carbocycles. The molecular weight excluding hydrogens is 264 g/mol. The molecule has 0 bridgehead atoms. The van der Waals surface area contributed by atoms with Crippen LogP contribution in [0.2, 0.25) is 0 Å². The molecule has 2 aromatic rings. The fraction of sp³-hybridized carbons (Fsp3) is 0.455. The number of amides is 1. The third kappa shape index (κ3) is 3.34. The first-order valence-corrected chi connectivity index (χ1v) is 6.86. The molecule has 1 amide bonds. The summed E-state index contributed by atoms with van der Waals surface area (Å²) >= 11 is 1.35. The summed E-state index contributed by atoms with van der Waals surface area (Å²) in [6, 6.07) is 1.99. The minimum absolute atomic E-state index is 0.0876. The SMILES string of the molecule is CC(C)n1nccc1NC(=O)CSc1nncn1C. The van der Waals surface area contributed by atoms with E-state index in [4.69, 9.17) is 0 Å². The van der Waals surface area contributed by atoms with Crippen molar-refractivity contribution in [3.05, 3.63) is 18.6 Å². The lowest BCUT2D eigenvalue weighted by Crippen LogP contribution is -2.18. The molecule has 2 rings (SSSR count). The number of aryl methyl sites for hydroxylation is 1. The van der Waals surface area contributed by atoms with Gasteiger partial charge in [-0.25, -0.2) is 4.68 Å². The Kier molecular flexibility index (Phi) is 4.20. The van der Waals surface area contributed by atoms with Crippen LogP contribution in [0, 0.1) is 0 Å². The second-order valence-electron chi connectivity index (χ2n) is 4.32. The molecule has 0 aliphatic rings. The zero-order valence-corrected chi connectivity index (χ0v) is 11.9. The largest absolute Gasteiger partial charge is 0.312 e. The van der Waals surface area contributed by atoms with Crippen LogP contribution in [0.25, 0.3) is 0 Å². The van der Waals surface area contributed by atoms with E-state index in [-0.39, 0.29) is 17.7 Å². The summed E-state index contributed by atoms with van der Waals surface area (Å²) in [6.45, 7) is 4.02. The Morgan fingerprint density at radius 3 is 2.95 bits per heavy atom. The van der Waals surface area contributed by atoms with E-state index in [2.05, 4.69) is 20.6 Å². The molecule has 0 spiro atoms. The predicted octanol–water partition coefficient (Wildman–Crippen LogP) is 1.32. The van der Waals surface area contributed by atoms with Crippen molar-refractivity contribution in [2.24, 2.45) is 7.05 Å². The molecule has 2 aromatic heterocycles. The van der Waals surface area contributed by atoms with Gasteiger partial charge >= 0.3 is 0 Å². The van der Waals surface area contributed by atoms with Gasteiger partial charge in [-0.2, -0.15) is 5.10 Å². The molecule has 0 fully saturated rings. The minimum Gasteiger partial charge on any atom is -0.312 e. The van der Waals surface area contributed by atoms with E-state index in [0.29, 0.717) is 11.0 Å². The number of aromatic nitrogens is 5. The Morgan fingerprint density at radius 1 is 1.53 bits per heavy atom. The zero-order valence-electron chi connectivity index (χ0n) is 11.1. The van der Waals surface area contributed by atoms with Gasteiger partial charge in [-0.15, -0.1) is 10.2 Å². The highest BCUT2D eigenvalue weighted by Crippen LogP contribution is 2.16. The second kappa shape index (κ2) is 5.87. The summed E-state index contributed by atoms with van der Waals surface area (Å²) in [5.74, 6) is 0.907. The fourth-order valence-corrected chi connectivity index (χ4v) is 2.23. The van der Waals surface area contributed by atoms with E-state index < -0.39 is 0 Å². The van der Waals surface area contributed by atoms with Gasteiger partial charge < -0.3 is 9.88 Å². The number of hydrogen-bond donors (Lipinski definition) is 1. The second-order valence-corrected chi connectivity index (χ2v) is 5.26. The Balaban J connectivity index is 1.91. The first-order chi connectivity index (χ1) is 9.08. The number of nitrogens with one attached hydrogen (secondary N) is 1. The van der Waals surface area contributed by atoms with Crippen LogP contribution < -0.4 is 5.32 Å². The minimum atomic E-state index is -0.0876. The van der Waals surface area contributed by atoms with Crippen LogP contribution in [0.3, 0.4) is 0 Å². The average Bonchev–Trinajstić information content (AvgIpc) is 2.95. The summed E-state index contributed by atoms with van der Waals surface area (Å²) in [4.78, 5) is 11.9. The number of thioether (sulfide) groups is 1. The van der Waals surface area contributed by atoms with Crippen LogP contribution in [-0.4, -0.2) is 36.2 Å². The van der Waals surface area contributed by atoms with Gasteiger partial charge in [0.2, 0.25) is 5.91 Å². The maximum atomic E-state index is 11.9. The maximum Gasteiger partial charge on any atom is 0.235 e. The number of rotatable bonds is 5. The van der Waals surface area contributed by atoms with E-state index in [9.17, 15) is 4.79 Å². The van der Waals surface area contributed by atoms with Crippen LogP contribution in [-0.2, 0) is 11.8 Å². The van der Waals surface area contributed by atoms with Gasteiger partial charge in [0.15, 0.2) is 5.16 Å². The van der Waals surface area contributed by atoms with Gasteiger partial charge in [0.25, 0.3) is 0 Å². The monoisotopic (exact) mass is 280 g/mol. The molecule has 0 aromatic carbocycles.